The molecule has 0 fully saturated rings. The molecule has 1 amide bonds. The van der Waals surface area contributed by atoms with E-state index in [0.717, 1.165) is 10.9 Å². The number of ether oxygens (including phenoxy) is 1. The summed E-state index contributed by atoms with van der Waals surface area (Å²) in [6.07, 6.45) is 1.41. The van der Waals surface area contributed by atoms with Gasteiger partial charge in [-0.3, -0.25) is 14.2 Å². The van der Waals surface area contributed by atoms with Crippen molar-refractivity contribution in [3.8, 4) is 5.75 Å². The van der Waals surface area contributed by atoms with Crippen LogP contribution in [0.5, 0.6) is 5.75 Å². The molecule has 0 saturated carbocycles. The molecule has 7 nitrogen and oxygen atoms in total. The predicted octanol–water partition coefficient (Wildman–Crippen LogP) is -2.89. The molecule has 0 aliphatic heterocycles. The van der Waals surface area contributed by atoms with E-state index in [0.29, 0.717) is 24.2 Å². The molecule has 1 aromatic heterocycles. The van der Waals surface area contributed by atoms with E-state index in [1.54, 1.807) is 24.4 Å². The van der Waals surface area contributed by atoms with Crippen molar-refractivity contribution in [2.75, 3.05) is 13.7 Å². The zero-order valence-corrected chi connectivity index (χ0v) is 15.9. The van der Waals surface area contributed by atoms with Crippen LogP contribution in [-0.4, -0.2) is 36.0 Å². The van der Waals surface area contributed by atoms with Crippen LogP contribution in [0.1, 0.15) is 23.7 Å². The van der Waals surface area contributed by atoms with Crippen molar-refractivity contribution >= 4 is 28.7 Å². The Kier molecular flexibility index (Phi) is 7.47. The van der Waals surface area contributed by atoms with E-state index in [-0.39, 0.29) is 35.5 Å². The second-order valence-electron chi connectivity index (χ2n) is 5.08. The molecule has 24 heavy (non-hydrogen) atoms. The third kappa shape index (κ3) is 4.83. The molecule has 0 unspecified atom stereocenters. The van der Waals surface area contributed by atoms with Crippen molar-refractivity contribution in [3.63, 3.8) is 0 Å². The van der Waals surface area contributed by atoms with Gasteiger partial charge in [0.25, 0.3) is 0 Å². The maximum absolute atomic E-state index is 12.1. The van der Waals surface area contributed by atoms with Gasteiger partial charge in [0.15, 0.2) is 0 Å². The van der Waals surface area contributed by atoms with Crippen LogP contribution in [0.2, 0.25) is 0 Å². The second kappa shape index (κ2) is 8.86. The Bertz CT molecular complexity index is 769. The van der Waals surface area contributed by atoms with Crippen molar-refractivity contribution in [1.82, 2.24) is 9.88 Å². The maximum atomic E-state index is 12.1. The number of fused-ring (bicyclic) bond motifs is 1. The van der Waals surface area contributed by atoms with Crippen LogP contribution in [0.4, 0.5) is 0 Å². The number of methoxy groups -OCH3 is 1. The van der Waals surface area contributed by atoms with E-state index in [2.05, 4.69) is 5.32 Å². The maximum Gasteiger partial charge on any atom is 1.00 e. The molecule has 122 valence electrons. The van der Waals surface area contributed by atoms with Gasteiger partial charge in [-0.15, -0.1) is 0 Å². The average Bonchev–Trinajstić information content (AvgIpc) is 2.84. The number of rotatable bonds is 6. The number of hydrogen-bond acceptors (Lipinski definition) is 5. The van der Waals surface area contributed by atoms with Crippen molar-refractivity contribution < 1.29 is 53.8 Å². The number of nitrogens with zero attached hydrogens (tertiary/aromatic N) is 1. The number of nitrogens with one attached hydrogen (secondary N) is 1. The quantitative estimate of drug-likeness (QED) is 0.450. The standard InChI is InChI=1S/C16H18N2O5.Na/c1-10(19)17-6-5-11-9-18(15(20)8-16(21)22)14-4-3-12(23-2)7-13(11)14;/h3-4,7,9H,5-6,8H2,1-2H3,(H,17,19)(H,21,22);/q;+1/p-1. The fourth-order valence-electron chi connectivity index (χ4n) is 2.39. The molecule has 0 saturated heterocycles. The molecule has 1 aromatic carbocycles. The molecule has 0 atom stereocenters. The second-order valence-corrected chi connectivity index (χ2v) is 5.08. The number of aliphatic carboxylic acids is 1. The largest absolute Gasteiger partial charge is 1.00 e. The molecule has 0 radical (unpaired) electrons. The number of carboxylic acid groups (broad SMARTS) is 1. The minimum atomic E-state index is -1.43. The van der Waals surface area contributed by atoms with Gasteiger partial charge in [0.1, 0.15) is 5.75 Å². The van der Waals surface area contributed by atoms with E-state index in [1.165, 1.54) is 18.6 Å². The minimum Gasteiger partial charge on any atom is -0.550 e. The van der Waals surface area contributed by atoms with Crippen LogP contribution < -0.4 is 44.7 Å². The summed E-state index contributed by atoms with van der Waals surface area (Å²) in [5.41, 5.74) is 1.41. The smallest absolute Gasteiger partial charge is 0.550 e. The first-order valence-electron chi connectivity index (χ1n) is 7.08. The Morgan fingerprint density at radius 1 is 1.29 bits per heavy atom. The molecule has 2 rings (SSSR count). The Morgan fingerprint density at radius 2 is 2.00 bits per heavy atom. The molecular formula is C16H17N2NaO5. The zero-order valence-electron chi connectivity index (χ0n) is 13.9. The van der Waals surface area contributed by atoms with Gasteiger partial charge in [-0.25, -0.2) is 0 Å². The number of carbonyl (C=O) groups excluding carboxylic acids is 3. The predicted molar refractivity (Wildman–Crippen MR) is 81.1 cm³/mol. The van der Waals surface area contributed by atoms with Gasteiger partial charge in [0.2, 0.25) is 11.8 Å². The number of carbonyl (C=O) groups is 3. The first kappa shape index (κ1) is 20.2. The number of hydrogen-bond donors (Lipinski definition) is 1. The van der Waals surface area contributed by atoms with Crippen molar-refractivity contribution in [2.24, 2.45) is 0 Å². The normalized spacial score (nSPS) is 10.1. The van der Waals surface area contributed by atoms with Gasteiger partial charge in [-0.05, 0) is 30.2 Å². The third-order valence-electron chi connectivity index (χ3n) is 3.43. The summed E-state index contributed by atoms with van der Waals surface area (Å²) >= 11 is 0. The summed E-state index contributed by atoms with van der Waals surface area (Å²) in [4.78, 5) is 33.7. The Hall–Kier alpha value is -1.83. The number of carboxylic acids is 1. The Balaban J connectivity index is 0.00000288. The number of amides is 1. The monoisotopic (exact) mass is 340 g/mol. The van der Waals surface area contributed by atoms with Crippen LogP contribution in [0.3, 0.4) is 0 Å². The number of aromatic nitrogens is 1. The van der Waals surface area contributed by atoms with Crippen LogP contribution in [0.15, 0.2) is 24.4 Å². The molecule has 1 heterocycles. The summed E-state index contributed by atoms with van der Waals surface area (Å²) in [7, 11) is 1.54. The van der Waals surface area contributed by atoms with E-state index in [1.807, 2.05) is 0 Å². The molecule has 2 aromatic rings. The average molecular weight is 340 g/mol. The number of benzene rings is 1. The van der Waals surface area contributed by atoms with Gasteiger partial charge < -0.3 is 20.0 Å². The topological polar surface area (TPSA) is 100 Å². The summed E-state index contributed by atoms with van der Waals surface area (Å²) in [6.45, 7) is 1.84. The van der Waals surface area contributed by atoms with Gasteiger partial charge in [0.05, 0.1) is 25.0 Å². The van der Waals surface area contributed by atoms with E-state index in [9.17, 15) is 19.5 Å². The van der Waals surface area contributed by atoms with Gasteiger partial charge in [-0.1, -0.05) is 0 Å². The van der Waals surface area contributed by atoms with Crippen LogP contribution in [0, 0.1) is 0 Å². The Morgan fingerprint density at radius 3 is 2.58 bits per heavy atom. The van der Waals surface area contributed by atoms with E-state index in [4.69, 9.17) is 4.74 Å². The third-order valence-corrected chi connectivity index (χ3v) is 3.43. The van der Waals surface area contributed by atoms with E-state index < -0.39 is 18.3 Å². The summed E-state index contributed by atoms with van der Waals surface area (Å²) in [6, 6.07) is 5.17. The van der Waals surface area contributed by atoms with Gasteiger partial charge >= 0.3 is 29.6 Å². The van der Waals surface area contributed by atoms with Crippen LogP contribution in [0.25, 0.3) is 10.9 Å². The molecule has 1 N–H and O–H groups in total. The summed E-state index contributed by atoms with van der Waals surface area (Å²) < 4.78 is 6.49. The van der Waals surface area contributed by atoms with E-state index >= 15 is 0 Å². The van der Waals surface area contributed by atoms with Crippen molar-refractivity contribution in [3.05, 3.63) is 30.0 Å². The summed E-state index contributed by atoms with van der Waals surface area (Å²) in [5, 5.41) is 14.1. The fraction of sp³-hybridized carbons (Fsp3) is 0.312. The van der Waals surface area contributed by atoms with Gasteiger partial charge in [0, 0.05) is 25.1 Å². The van der Waals surface area contributed by atoms with Gasteiger partial charge in [-0.2, -0.15) is 0 Å². The fourth-order valence-corrected chi connectivity index (χ4v) is 2.39. The molecule has 0 aliphatic carbocycles. The first-order chi connectivity index (χ1) is 10.9. The molecule has 8 heteroatoms. The van der Waals surface area contributed by atoms with Crippen LogP contribution >= 0.6 is 0 Å². The molecular weight excluding hydrogens is 323 g/mol. The zero-order chi connectivity index (χ0) is 17.0. The first-order valence-corrected chi connectivity index (χ1v) is 7.08. The van der Waals surface area contributed by atoms with Crippen LogP contribution in [-0.2, 0) is 16.0 Å². The van der Waals surface area contributed by atoms with Crippen molar-refractivity contribution in [1.29, 1.82) is 0 Å². The summed E-state index contributed by atoms with van der Waals surface area (Å²) in [5.74, 6) is -1.51. The molecule has 0 spiro atoms. The molecule has 0 bridgehead atoms. The van der Waals surface area contributed by atoms with Crippen molar-refractivity contribution in [2.45, 2.75) is 19.8 Å². The Labute approximate surface area is 161 Å². The molecule has 0 aliphatic rings. The SMILES string of the molecule is COc1ccc2c(c1)c(CCNC(C)=O)cn2C(=O)CC(=O)[O-].[Na+]. The minimum absolute atomic E-state index is 0.